The Hall–Kier alpha value is -1.74. The van der Waals surface area contributed by atoms with Crippen LogP contribution in [0.2, 0.25) is 17.6 Å². The van der Waals surface area contributed by atoms with Gasteiger partial charge in [0.15, 0.2) is 0 Å². The molecule has 3 atom stereocenters. The van der Waals surface area contributed by atoms with Gasteiger partial charge in [-0.1, -0.05) is 90.1 Å². The minimum atomic E-state index is -1.95. The summed E-state index contributed by atoms with van der Waals surface area (Å²) in [6.45, 7) is 18.6. The molecule has 0 N–H and O–H groups in total. The zero-order valence-electron chi connectivity index (χ0n) is 20.8. The van der Waals surface area contributed by atoms with Crippen molar-refractivity contribution >= 4 is 13.3 Å². The molecule has 3 rings (SSSR count). The van der Waals surface area contributed by atoms with E-state index in [1.807, 2.05) is 6.08 Å². The monoisotopic (exact) mass is 438 g/mol. The highest BCUT2D eigenvalue weighted by Crippen LogP contribution is 2.55. The summed E-state index contributed by atoms with van der Waals surface area (Å²) >= 11 is 0. The van der Waals surface area contributed by atoms with Crippen LogP contribution in [0.25, 0.3) is 0 Å². The van der Waals surface area contributed by atoms with Crippen molar-refractivity contribution in [1.29, 1.82) is 0 Å². The lowest BCUT2D eigenvalue weighted by atomic mass is 9.86. The largest absolute Gasteiger partial charge is 0.497 e. The Bertz CT molecular complexity index is 854. The molecule has 0 aromatic heterocycles. The third-order valence-electron chi connectivity index (χ3n) is 7.75. The summed E-state index contributed by atoms with van der Waals surface area (Å²) in [6.07, 6.45) is 11.5. The van der Waals surface area contributed by atoms with Crippen molar-refractivity contribution in [3.63, 3.8) is 0 Å². The van der Waals surface area contributed by atoms with E-state index in [1.165, 1.54) is 35.7 Å². The molecule has 1 aromatic rings. The molecule has 1 aromatic carbocycles. The van der Waals surface area contributed by atoms with E-state index in [9.17, 15) is 0 Å². The maximum atomic E-state index is 6.51. The fraction of sp³-hybridized carbons (Fsp3) is 0.571. The van der Waals surface area contributed by atoms with Gasteiger partial charge in [-0.25, -0.2) is 0 Å². The van der Waals surface area contributed by atoms with E-state index in [1.54, 1.807) is 12.7 Å². The van der Waals surface area contributed by atoms with Gasteiger partial charge in [-0.05, 0) is 53.0 Å². The summed E-state index contributed by atoms with van der Waals surface area (Å²) in [5.74, 6) is 3.50. The number of methoxy groups -OCH3 is 1. The normalized spacial score (nSPS) is 23.3. The minimum absolute atomic E-state index is 0.0297. The van der Waals surface area contributed by atoms with Crippen LogP contribution in [0.5, 0.6) is 11.5 Å². The summed E-state index contributed by atoms with van der Waals surface area (Å²) in [5.41, 5.74) is 3.59. The van der Waals surface area contributed by atoms with Crippen LogP contribution in [-0.4, -0.2) is 21.8 Å². The third-order valence-corrected chi connectivity index (χ3v) is 13.8. The molecule has 2 nitrogen and oxygen atoms in total. The first-order valence-electron chi connectivity index (χ1n) is 12.1. The molecule has 3 heteroatoms. The van der Waals surface area contributed by atoms with Gasteiger partial charge in [-0.15, -0.1) is 0 Å². The van der Waals surface area contributed by atoms with Crippen LogP contribution in [-0.2, 0) is 5.41 Å². The topological polar surface area (TPSA) is 18.5 Å². The van der Waals surface area contributed by atoms with E-state index >= 15 is 0 Å². The molecule has 31 heavy (non-hydrogen) atoms. The van der Waals surface area contributed by atoms with Crippen molar-refractivity contribution in [2.24, 2.45) is 11.8 Å². The quantitative estimate of drug-likeness (QED) is 0.316. The Balaban J connectivity index is 2.30. The lowest BCUT2D eigenvalue weighted by Gasteiger charge is -2.42. The summed E-state index contributed by atoms with van der Waals surface area (Å²) in [7, 11) is -0.160. The van der Waals surface area contributed by atoms with Gasteiger partial charge in [0, 0.05) is 5.56 Å². The lowest BCUT2D eigenvalue weighted by molar-refractivity contribution is 0.351. The molecule has 0 bridgehead atoms. The Kier molecular flexibility index (Phi) is 7.25. The number of benzene rings is 1. The second-order valence-electron chi connectivity index (χ2n) is 10.5. The summed E-state index contributed by atoms with van der Waals surface area (Å²) in [6, 6.07) is 6.95. The van der Waals surface area contributed by atoms with E-state index in [4.69, 9.17) is 9.47 Å². The number of rotatable bonds is 8. The van der Waals surface area contributed by atoms with Gasteiger partial charge in [0.25, 0.3) is 0 Å². The SMILES string of the molecule is C=CCOc1c(C(C)(C)C)cc(OC)cc1[Si](CC)(CC)C1C2=CC=CCC2CC1C. The molecule has 0 saturated heterocycles. The smallest absolute Gasteiger partial charge is 0.123 e. The second kappa shape index (κ2) is 9.40. The number of ether oxygens (including phenoxy) is 2. The first kappa shape index (κ1) is 23.9. The van der Waals surface area contributed by atoms with Crippen LogP contribution in [0.4, 0.5) is 0 Å². The van der Waals surface area contributed by atoms with Crippen molar-refractivity contribution in [3.05, 3.63) is 54.2 Å². The zero-order chi connectivity index (χ0) is 22.8. The highest BCUT2D eigenvalue weighted by molar-refractivity contribution is 6.94. The molecular formula is C28H42O2Si. The van der Waals surface area contributed by atoms with Gasteiger partial charge in [0.05, 0.1) is 15.2 Å². The molecule has 1 fully saturated rings. The van der Waals surface area contributed by atoms with E-state index in [2.05, 4.69) is 78.5 Å². The molecule has 3 unspecified atom stereocenters. The molecular weight excluding hydrogens is 396 g/mol. The van der Waals surface area contributed by atoms with Crippen molar-refractivity contribution < 1.29 is 9.47 Å². The van der Waals surface area contributed by atoms with Crippen LogP contribution >= 0.6 is 0 Å². The first-order valence-corrected chi connectivity index (χ1v) is 14.6. The maximum Gasteiger partial charge on any atom is 0.123 e. The van der Waals surface area contributed by atoms with Crippen LogP contribution < -0.4 is 14.7 Å². The minimum Gasteiger partial charge on any atom is -0.497 e. The maximum absolute atomic E-state index is 6.51. The standard InChI is InChI=1S/C28H42O2Si/c1-9-16-30-26-24(28(5,6)7)18-22(29-8)19-25(26)31(10-2,11-3)27-20(4)17-21-14-12-13-15-23(21)27/h9,12-13,15,18-21,27H,1,10-11,14,16-17H2,2-8H3. The number of fused-ring (bicyclic) bond motifs is 1. The Labute approximate surface area is 191 Å². The molecule has 1 saturated carbocycles. The fourth-order valence-corrected chi connectivity index (χ4v) is 12.0. The predicted octanol–water partition coefficient (Wildman–Crippen LogP) is 7.17. The summed E-state index contributed by atoms with van der Waals surface area (Å²) in [5, 5.41) is 1.46. The van der Waals surface area contributed by atoms with Gasteiger partial charge in [-0.2, -0.15) is 0 Å². The van der Waals surface area contributed by atoms with E-state index in [0.29, 0.717) is 18.1 Å². The van der Waals surface area contributed by atoms with Gasteiger partial charge in [-0.3, -0.25) is 0 Å². The average Bonchev–Trinajstić information content (AvgIpc) is 3.09. The van der Waals surface area contributed by atoms with Crippen molar-refractivity contribution in [1.82, 2.24) is 0 Å². The number of hydrogen-bond acceptors (Lipinski definition) is 2. The molecule has 170 valence electrons. The third kappa shape index (κ3) is 4.31. The Morgan fingerprint density at radius 1 is 1.19 bits per heavy atom. The summed E-state index contributed by atoms with van der Waals surface area (Å²) in [4.78, 5) is 0. The van der Waals surface area contributed by atoms with E-state index < -0.39 is 8.07 Å². The Morgan fingerprint density at radius 2 is 1.90 bits per heavy atom. The molecule has 0 heterocycles. The Morgan fingerprint density at radius 3 is 2.48 bits per heavy atom. The second-order valence-corrected chi connectivity index (χ2v) is 15.4. The molecule has 2 aliphatic carbocycles. The van der Waals surface area contributed by atoms with Crippen molar-refractivity contribution in [2.75, 3.05) is 13.7 Å². The van der Waals surface area contributed by atoms with Gasteiger partial charge >= 0.3 is 0 Å². The van der Waals surface area contributed by atoms with Crippen molar-refractivity contribution in [2.45, 2.75) is 77.4 Å². The van der Waals surface area contributed by atoms with Gasteiger partial charge in [0.1, 0.15) is 18.1 Å². The van der Waals surface area contributed by atoms with Crippen LogP contribution in [0.15, 0.2) is 48.6 Å². The van der Waals surface area contributed by atoms with E-state index in [0.717, 1.165) is 17.4 Å². The molecule has 0 spiro atoms. The van der Waals surface area contributed by atoms with Crippen molar-refractivity contribution in [3.8, 4) is 11.5 Å². The fourth-order valence-electron chi connectivity index (χ4n) is 6.24. The van der Waals surface area contributed by atoms with E-state index in [-0.39, 0.29) is 5.41 Å². The number of allylic oxidation sites excluding steroid dienone is 4. The molecule has 0 amide bonds. The van der Waals surface area contributed by atoms with Crippen LogP contribution in [0.1, 0.15) is 59.9 Å². The molecule has 2 aliphatic rings. The van der Waals surface area contributed by atoms with Crippen LogP contribution in [0, 0.1) is 11.8 Å². The van der Waals surface area contributed by atoms with Crippen LogP contribution in [0.3, 0.4) is 0 Å². The molecule has 0 radical (unpaired) electrons. The number of hydrogen-bond donors (Lipinski definition) is 0. The molecule has 0 aliphatic heterocycles. The predicted molar refractivity (Wildman–Crippen MR) is 137 cm³/mol. The highest BCUT2D eigenvalue weighted by atomic mass is 28.3. The lowest BCUT2D eigenvalue weighted by Crippen LogP contribution is -2.53. The first-order chi connectivity index (χ1) is 14.7. The summed E-state index contributed by atoms with van der Waals surface area (Å²) < 4.78 is 12.4. The highest BCUT2D eigenvalue weighted by Gasteiger charge is 2.51. The average molecular weight is 439 g/mol. The van der Waals surface area contributed by atoms with Gasteiger partial charge in [0.2, 0.25) is 0 Å². The zero-order valence-corrected chi connectivity index (χ0v) is 21.8. The van der Waals surface area contributed by atoms with Gasteiger partial charge < -0.3 is 9.47 Å².